The van der Waals surface area contributed by atoms with Crippen molar-refractivity contribution in [1.82, 2.24) is 14.5 Å². The summed E-state index contributed by atoms with van der Waals surface area (Å²) in [6, 6.07) is 70.7. The molecule has 2 heterocycles. The number of para-hydroxylation sites is 2. The third-order valence-electron chi connectivity index (χ3n) is 13.8. The van der Waals surface area contributed by atoms with Crippen LogP contribution >= 0.6 is 0 Å². The lowest BCUT2D eigenvalue weighted by Crippen LogP contribution is -2.34. The summed E-state index contributed by atoms with van der Waals surface area (Å²) < 4.78 is 2.24. The summed E-state index contributed by atoms with van der Waals surface area (Å²) in [5.41, 5.74) is 13.3. The second kappa shape index (κ2) is 12.4. The van der Waals surface area contributed by atoms with E-state index < -0.39 is 5.41 Å². The minimum absolute atomic E-state index is 0.515. The molecule has 9 aromatic carbocycles. The summed E-state index contributed by atoms with van der Waals surface area (Å²) in [5, 5.41) is 12.5. The van der Waals surface area contributed by atoms with Crippen molar-refractivity contribution in [1.29, 1.82) is 0 Å². The quantitative estimate of drug-likeness (QED) is 0.167. The van der Waals surface area contributed by atoms with Crippen LogP contribution in [0.1, 0.15) is 16.8 Å². The zero-order chi connectivity index (χ0) is 40.5. The Morgan fingerprint density at radius 2 is 0.903 bits per heavy atom. The first kappa shape index (κ1) is 33.7. The van der Waals surface area contributed by atoms with E-state index in [2.05, 4.69) is 217 Å². The minimum atomic E-state index is -0.515. The predicted octanol–water partition coefficient (Wildman–Crippen LogP) is 12.6. The van der Waals surface area contributed by atoms with Crippen LogP contribution in [0.25, 0.3) is 99.7 Å². The van der Waals surface area contributed by atoms with Crippen LogP contribution in [0.2, 0.25) is 0 Å². The highest BCUT2D eigenvalue weighted by molar-refractivity contribution is 6.25. The van der Waals surface area contributed by atoms with E-state index in [1.807, 2.05) is 0 Å². The highest BCUT2D eigenvalue weighted by Gasteiger charge is 2.48. The van der Waals surface area contributed by atoms with Crippen molar-refractivity contribution in [2.75, 3.05) is 0 Å². The van der Waals surface area contributed by atoms with Gasteiger partial charge >= 0.3 is 0 Å². The van der Waals surface area contributed by atoms with Crippen molar-refractivity contribution in [3.63, 3.8) is 0 Å². The molecule has 3 aliphatic carbocycles. The number of benzene rings is 9. The maximum atomic E-state index is 5.60. The number of nitrogens with zero attached hydrogens (tertiary/aromatic N) is 3. The summed E-state index contributed by atoms with van der Waals surface area (Å²) in [4.78, 5) is 11.0. The number of hydrogen-bond acceptors (Lipinski definition) is 2. The number of hydrogen-bond donors (Lipinski definition) is 0. The summed E-state index contributed by atoms with van der Waals surface area (Å²) in [6.45, 7) is 0. The van der Waals surface area contributed by atoms with Gasteiger partial charge in [-0.15, -0.1) is 0 Å². The second-order valence-electron chi connectivity index (χ2n) is 16.8. The molecule has 286 valence electrons. The molecule has 0 fully saturated rings. The topological polar surface area (TPSA) is 30.7 Å². The lowest BCUT2D eigenvalue weighted by molar-refractivity contribution is 0.860. The Labute approximate surface area is 357 Å². The van der Waals surface area contributed by atoms with Gasteiger partial charge < -0.3 is 0 Å². The molecule has 0 saturated carbocycles. The first-order valence-electron chi connectivity index (χ1n) is 21.4. The molecule has 11 aromatic rings. The number of aromatic nitrogens is 3. The van der Waals surface area contributed by atoms with Crippen molar-refractivity contribution in [2.24, 2.45) is 0 Å². The van der Waals surface area contributed by atoms with Crippen LogP contribution in [0.15, 0.2) is 212 Å². The summed E-state index contributed by atoms with van der Waals surface area (Å²) >= 11 is 0. The van der Waals surface area contributed by atoms with Gasteiger partial charge in [-0.05, 0) is 113 Å². The zero-order valence-corrected chi connectivity index (χ0v) is 33.5. The molecule has 3 heteroatoms. The third kappa shape index (κ3) is 4.44. The van der Waals surface area contributed by atoms with Gasteiger partial charge in [-0.2, -0.15) is 0 Å². The predicted molar refractivity (Wildman–Crippen MR) is 257 cm³/mol. The smallest absolute Gasteiger partial charge is 0.235 e. The van der Waals surface area contributed by atoms with Gasteiger partial charge in [0, 0.05) is 21.9 Å². The van der Waals surface area contributed by atoms with Crippen molar-refractivity contribution < 1.29 is 0 Å². The van der Waals surface area contributed by atoms with Crippen LogP contribution in [0.4, 0.5) is 0 Å². The zero-order valence-electron chi connectivity index (χ0n) is 33.5. The van der Waals surface area contributed by atoms with Gasteiger partial charge in [0.25, 0.3) is 0 Å². The molecule has 0 atom stereocenters. The van der Waals surface area contributed by atoms with Gasteiger partial charge in [-0.1, -0.05) is 176 Å². The summed E-state index contributed by atoms with van der Waals surface area (Å²) in [7, 11) is 0. The van der Waals surface area contributed by atoms with E-state index in [1.165, 1.54) is 86.9 Å². The van der Waals surface area contributed by atoms with Crippen LogP contribution in [0, 0.1) is 0 Å². The summed E-state index contributed by atoms with van der Waals surface area (Å²) in [6.07, 6.45) is 7.28. The van der Waals surface area contributed by atoms with Gasteiger partial charge in [0.05, 0.1) is 27.8 Å². The average Bonchev–Trinajstić information content (AvgIpc) is 3.98. The first-order chi connectivity index (χ1) is 30.7. The normalized spacial score (nSPS) is 14.5. The SMILES string of the molecule is C1=CC2(C3=c4cc5c6ccccc6c6ccccc6c5cc4=CC3=C1c1cc(-c3ccccc3)nc(-n3c4ccccc4c4ccccc43)n1)c1ccccc1-c1ccccc12. The van der Waals surface area contributed by atoms with Crippen molar-refractivity contribution in [3.05, 3.63) is 239 Å². The number of allylic oxidation sites excluding steroid dienone is 4. The fourth-order valence-corrected chi connectivity index (χ4v) is 11.2. The Hall–Kier alpha value is -8.14. The Bertz CT molecular complexity index is 3880. The molecule has 0 bridgehead atoms. The fraction of sp³-hybridized carbons (Fsp3) is 0.0169. The lowest BCUT2D eigenvalue weighted by atomic mass is 9.66. The molecule has 14 rings (SSSR count). The van der Waals surface area contributed by atoms with Gasteiger partial charge in [-0.25, -0.2) is 9.97 Å². The molecular formula is C59H35N3. The largest absolute Gasteiger partial charge is 0.278 e. The van der Waals surface area contributed by atoms with Crippen LogP contribution < -0.4 is 10.4 Å². The maximum absolute atomic E-state index is 5.60. The van der Waals surface area contributed by atoms with Gasteiger partial charge in [0.1, 0.15) is 0 Å². The Morgan fingerprint density at radius 3 is 1.53 bits per heavy atom. The van der Waals surface area contributed by atoms with Crippen molar-refractivity contribution in [2.45, 2.75) is 5.41 Å². The number of fused-ring (bicyclic) bond motifs is 17. The molecule has 0 aliphatic heterocycles. The van der Waals surface area contributed by atoms with Crippen LogP contribution in [0.3, 0.4) is 0 Å². The molecule has 2 aromatic heterocycles. The Balaban J connectivity index is 1.13. The van der Waals surface area contributed by atoms with Gasteiger partial charge in [0.15, 0.2) is 0 Å². The summed E-state index contributed by atoms with van der Waals surface area (Å²) in [5.74, 6) is 0.651. The van der Waals surface area contributed by atoms with Gasteiger partial charge in [-0.3, -0.25) is 4.57 Å². The van der Waals surface area contributed by atoms with Crippen molar-refractivity contribution in [3.8, 4) is 28.3 Å². The third-order valence-corrected chi connectivity index (χ3v) is 13.8. The van der Waals surface area contributed by atoms with Gasteiger partial charge in [0.2, 0.25) is 5.95 Å². The molecule has 0 saturated heterocycles. The lowest BCUT2D eigenvalue weighted by Gasteiger charge is -2.35. The van der Waals surface area contributed by atoms with Crippen LogP contribution in [0.5, 0.6) is 0 Å². The highest BCUT2D eigenvalue weighted by atomic mass is 15.2. The van der Waals surface area contributed by atoms with E-state index >= 15 is 0 Å². The van der Waals surface area contributed by atoms with E-state index in [-0.39, 0.29) is 0 Å². The van der Waals surface area contributed by atoms with Crippen LogP contribution in [-0.2, 0) is 5.41 Å². The van der Waals surface area contributed by atoms with Crippen LogP contribution in [-0.4, -0.2) is 14.5 Å². The van der Waals surface area contributed by atoms with E-state index in [1.54, 1.807) is 0 Å². The minimum Gasteiger partial charge on any atom is -0.278 e. The monoisotopic (exact) mass is 785 g/mol. The molecule has 1 spiro atoms. The molecule has 0 unspecified atom stereocenters. The highest BCUT2D eigenvalue weighted by Crippen LogP contribution is 2.58. The van der Waals surface area contributed by atoms with E-state index in [0.717, 1.165) is 33.6 Å². The molecule has 0 N–H and O–H groups in total. The number of rotatable bonds is 3. The molecule has 3 aliphatic rings. The second-order valence-corrected chi connectivity index (χ2v) is 16.8. The van der Waals surface area contributed by atoms with E-state index in [9.17, 15) is 0 Å². The first-order valence-corrected chi connectivity index (χ1v) is 21.4. The molecule has 0 radical (unpaired) electrons. The molecule has 62 heavy (non-hydrogen) atoms. The Morgan fingerprint density at radius 1 is 0.403 bits per heavy atom. The maximum Gasteiger partial charge on any atom is 0.235 e. The van der Waals surface area contributed by atoms with E-state index in [4.69, 9.17) is 9.97 Å². The molecule has 3 nitrogen and oxygen atoms in total. The molecular weight excluding hydrogens is 751 g/mol. The van der Waals surface area contributed by atoms with Crippen molar-refractivity contribution >= 4 is 71.3 Å². The Kier molecular flexibility index (Phi) is 6.76. The molecule has 0 amide bonds. The fourth-order valence-electron chi connectivity index (χ4n) is 11.2. The standard InChI is InChI=1S/C59H35N3/c1-2-16-36(17-3-1)53-35-54(61-58(60-53)62-55-28-14-10-24-45(55)46-25-11-15-29-56(46)62)44-30-31-59(51-26-12-8-22-42(51)43-23-9-13-27-52(43)59)57-47-34-49-41-21-7-5-19-39(41)38-18-4-6-20-40(38)48(49)32-37(47)33-50(44)57/h1-35H. The van der Waals surface area contributed by atoms with E-state index in [0.29, 0.717) is 5.95 Å². The average molecular weight is 786 g/mol.